The fourth-order valence-corrected chi connectivity index (χ4v) is 2.51. The predicted octanol–water partition coefficient (Wildman–Crippen LogP) is 3.46. The molecule has 0 saturated carbocycles. The summed E-state index contributed by atoms with van der Waals surface area (Å²) in [4.78, 5) is 36.7. The summed E-state index contributed by atoms with van der Waals surface area (Å²) in [5.74, 6) is -0.106. The van der Waals surface area contributed by atoms with Crippen LogP contribution < -0.4 is 16.0 Å². The number of nitrogens with one attached hydrogen (secondary N) is 3. The standard InChI is InChI=1S/C18H27ClN4O3/c1-5-17(25)21-14-7-8-15(19)16(11-14)22-18(26)20-9-6-10-23(12(2)3)13(4)24/h7-8,11-12H,5-6,9-10H2,1-4H3,(H,21,25)(H2,20,22,26). The Kier molecular flexibility index (Phi) is 8.92. The molecule has 0 spiro atoms. The van der Waals surface area contributed by atoms with Crippen molar-refractivity contribution in [2.75, 3.05) is 23.7 Å². The Morgan fingerprint density at radius 3 is 2.46 bits per heavy atom. The van der Waals surface area contributed by atoms with Crippen LogP contribution in [0.1, 0.15) is 40.5 Å². The van der Waals surface area contributed by atoms with E-state index in [1.165, 1.54) is 6.92 Å². The molecule has 3 N–H and O–H groups in total. The van der Waals surface area contributed by atoms with Gasteiger partial charge in [0.05, 0.1) is 10.7 Å². The molecule has 1 aromatic rings. The number of rotatable bonds is 8. The van der Waals surface area contributed by atoms with Crippen LogP contribution in [-0.2, 0) is 9.59 Å². The molecule has 7 nitrogen and oxygen atoms in total. The van der Waals surface area contributed by atoms with Gasteiger partial charge in [0.15, 0.2) is 0 Å². The lowest BCUT2D eigenvalue weighted by atomic mass is 10.2. The number of urea groups is 1. The van der Waals surface area contributed by atoms with Gasteiger partial charge in [-0.05, 0) is 38.5 Å². The van der Waals surface area contributed by atoms with Crippen molar-refractivity contribution in [3.63, 3.8) is 0 Å². The van der Waals surface area contributed by atoms with Crippen molar-refractivity contribution < 1.29 is 14.4 Å². The van der Waals surface area contributed by atoms with E-state index in [9.17, 15) is 14.4 Å². The molecule has 0 aliphatic carbocycles. The van der Waals surface area contributed by atoms with Crippen LogP contribution in [0.4, 0.5) is 16.2 Å². The van der Waals surface area contributed by atoms with Gasteiger partial charge in [0.25, 0.3) is 0 Å². The largest absolute Gasteiger partial charge is 0.340 e. The molecule has 0 unspecified atom stereocenters. The number of carbonyl (C=O) groups is 3. The van der Waals surface area contributed by atoms with Crippen LogP contribution in [0.5, 0.6) is 0 Å². The Bertz CT molecular complexity index is 649. The molecule has 1 aromatic carbocycles. The van der Waals surface area contributed by atoms with E-state index in [1.807, 2.05) is 13.8 Å². The maximum Gasteiger partial charge on any atom is 0.319 e. The first-order valence-corrected chi connectivity index (χ1v) is 9.03. The van der Waals surface area contributed by atoms with Crippen molar-refractivity contribution in [3.8, 4) is 0 Å². The van der Waals surface area contributed by atoms with E-state index >= 15 is 0 Å². The Morgan fingerprint density at radius 1 is 1.19 bits per heavy atom. The minimum atomic E-state index is -0.398. The van der Waals surface area contributed by atoms with E-state index in [0.717, 1.165) is 0 Å². The zero-order valence-electron chi connectivity index (χ0n) is 15.7. The number of benzene rings is 1. The molecule has 0 heterocycles. The SMILES string of the molecule is CCC(=O)Nc1ccc(Cl)c(NC(=O)NCCCN(C(C)=O)C(C)C)c1. The zero-order valence-corrected chi connectivity index (χ0v) is 16.4. The van der Waals surface area contributed by atoms with Crippen LogP contribution in [-0.4, -0.2) is 41.9 Å². The number of carbonyl (C=O) groups excluding carboxylic acids is 3. The first kappa shape index (κ1) is 21.8. The Morgan fingerprint density at radius 2 is 1.88 bits per heavy atom. The Balaban J connectivity index is 2.51. The van der Waals surface area contributed by atoms with Gasteiger partial charge in [0.2, 0.25) is 11.8 Å². The minimum absolute atomic E-state index is 0.0159. The van der Waals surface area contributed by atoms with Crippen molar-refractivity contribution in [2.24, 2.45) is 0 Å². The van der Waals surface area contributed by atoms with E-state index < -0.39 is 6.03 Å². The topological polar surface area (TPSA) is 90.5 Å². The van der Waals surface area contributed by atoms with Crippen molar-refractivity contribution in [1.29, 1.82) is 0 Å². The molecule has 0 atom stereocenters. The first-order valence-electron chi connectivity index (χ1n) is 8.66. The second-order valence-corrected chi connectivity index (χ2v) is 6.54. The molecule has 0 aromatic heterocycles. The zero-order chi connectivity index (χ0) is 19.7. The van der Waals surface area contributed by atoms with E-state index in [2.05, 4.69) is 16.0 Å². The second-order valence-electron chi connectivity index (χ2n) is 6.14. The monoisotopic (exact) mass is 382 g/mol. The lowest BCUT2D eigenvalue weighted by Gasteiger charge is -2.25. The molecule has 0 aliphatic heterocycles. The molecule has 144 valence electrons. The molecule has 1 rings (SSSR count). The van der Waals surface area contributed by atoms with Gasteiger partial charge in [0, 0.05) is 38.2 Å². The van der Waals surface area contributed by atoms with Crippen molar-refractivity contribution in [3.05, 3.63) is 23.2 Å². The molecule has 0 fully saturated rings. The van der Waals surface area contributed by atoms with Gasteiger partial charge in [-0.15, -0.1) is 0 Å². The number of hydrogen-bond donors (Lipinski definition) is 3. The van der Waals surface area contributed by atoms with Crippen LogP contribution in [0.25, 0.3) is 0 Å². The predicted molar refractivity (Wildman–Crippen MR) is 105 cm³/mol. The van der Waals surface area contributed by atoms with Gasteiger partial charge >= 0.3 is 6.03 Å². The number of nitrogens with zero attached hydrogens (tertiary/aromatic N) is 1. The molecule has 0 bridgehead atoms. The van der Waals surface area contributed by atoms with Crippen LogP contribution in [0.3, 0.4) is 0 Å². The number of hydrogen-bond acceptors (Lipinski definition) is 3. The van der Waals surface area contributed by atoms with Crippen LogP contribution in [0.15, 0.2) is 18.2 Å². The van der Waals surface area contributed by atoms with Gasteiger partial charge in [-0.2, -0.15) is 0 Å². The average molecular weight is 383 g/mol. The Hall–Kier alpha value is -2.28. The molecular formula is C18H27ClN4O3. The molecular weight excluding hydrogens is 356 g/mol. The summed E-state index contributed by atoms with van der Waals surface area (Å²) in [6.07, 6.45) is 1.01. The van der Waals surface area contributed by atoms with E-state index in [0.29, 0.717) is 42.3 Å². The van der Waals surface area contributed by atoms with Crippen LogP contribution >= 0.6 is 11.6 Å². The third kappa shape index (κ3) is 7.31. The summed E-state index contributed by atoms with van der Waals surface area (Å²) in [6.45, 7) is 8.19. The second kappa shape index (κ2) is 10.7. The lowest BCUT2D eigenvalue weighted by molar-refractivity contribution is -0.130. The fraction of sp³-hybridized carbons (Fsp3) is 0.500. The van der Waals surface area contributed by atoms with Gasteiger partial charge in [-0.3, -0.25) is 9.59 Å². The fourth-order valence-electron chi connectivity index (χ4n) is 2.35. The molecule has 0 radical (unpaired) electrons. The van der Waals surface area contributed by atoms with Gasteiger partial charge in [0.1, 0.15) is 0 Å². The van der Waals surface area contributed by atoms with E-state index in [4.69, 9.17) is 11.6 Å². The quantitative estimate of drug-likeness (QED) is 0.601. The highest BCUT2D eigenvalue weighted by Crippen LogP contribution is 2.25. The summed E-state index contributed by atoms with van der Waals surface area (Å²) in [6, 6.07) is 4.61. The third-order valence-corrected chi connectivity index (χ3v) is 4.04. The highest BCUT2D eigenvalue weighted by Gasteiger charge is 2.12. The van der Waals surface area contributed by atoms with Crippen LogP contribution in [0.2, 0.25) is 5.02 Å². The average Bonchev–Trinajstić information content (AvgIpc) is 2.56. The highest BCUT2D eigenvalue weighted by atomic mass is 35.5. The molecule has 4 amide bonds. The van der Waals surface area contributed by atoms with Gasteiger partial charge < -0.3 is 20.9 Å². The molecule has 0 aliphatic rings. The summed E-state index contributed by atoms with van der Waals surface area (Å²) >= 11 is 6.08. The first-order chi connectivity index (χ1) is 12.2. The van der Waals surface area contributed by atoms with Gasteiger partial charge in [-0.1, -0.05) is 18.5 Å². The number of amides is 4. The normalized spacial score (nSPS) is 10.4. The Labute approximate surface area is 159 Å². The maximum absolute atomic E-state index is 12.0. The van der Waals surface area contributed by atoms with Crippen molar-refractivity contribution in [1.82, 2.24) is 10.2 Å². The van der Waals surface area contributed by atoms with E-state index in [-0.39, 0.29) is 17.9 Å². The summed E-state index contributed by atoms with van der Waals surface area (Å²) in [7, 11) is 0. The summed E-state index contributed by atoms with van der Waals surface area (Å²) < 4.78 is 0. The summed E-state index contributed by atoms with van der Waals surface area (Å²) in [5.41, 5.74) is 0.969. The number of anilines is 2. The molecule has 0 saturated heterocycles. The summed E-state index contributed by atoms with van der Waals surface area (Å²) in [5, 5.41) is 8.47. The number of halogens is 1. The van der Waals surface area contributed by atoms with Crippen molar-refractivity contribution >= 4 is 40.8 Å². The van der Waals surface area contributed by atoms with E-state index in [1.54, 1.807) is 30.0 Å². The van der Waals surface area contributed by atoms with Gasteiger partial charge in [-0.25, -0.2) is 4.79 Å². The lowest BCUT2D eigenvalue weighted by Crippen LogP contribution is -2.38. The highest BCUT2D eigenvalue weighted by molar-refractivity contribution is 6.33. The smallest absolute Gasteiger partial charge is 0.319 e. The van der Waals surface area contributed by atoms with Crippen molar-refractivity contribution in [2.45, 2.75) is 46.6 Å². The molecule has 8 heteroatoms. The minimum Gasteiger partial charge on any atom is -0.340 e. The third-order valence-electron chi connectivity index (χ3n) is 3.71. The maximum atomic E-state index is 12.0. The van der Waals surface area contributed by atoms with Crippen LogP contribution in [0, 0.1) is 0 Å². The molecule has 26 heavy (non-hydrogen) atoms.